The Balaban J connectivity index is 1.77. The minimum atomic E-state index is -3.23. The lowest BCUT2D eigenvalue weighted by Gasteiger charge is -2.17. The lowest BCUT2D eigenvalue weighted by atomic mass is 9.99. The summed E-state index contributed by atoms with van der Waals surface area (Å²) in [6.07, 6.45) is 1.88. The van der Waals surface area contributed by atoms with Gasteiger partial charge in [0.2, 0.25) is 0 Å². The molecule has 0 aliphatic heterocycles. The SMILES string of the molecule is CS(=O)(=O)c1ccc(CCNC(=O)NCC(CO)Cc2c(F)cccc2Cl)cc1. The largest absolute Gasteiger partial charge is 0.396 e. The molecule has 9 heteroatoms. The second-order valence-corrected chi connectivity index (χ2v) is 9.18. The molecular weight excluding hydrogens is 419 g/mol. The highest BCUT2D eigenvalue weighted by Gasteiger charge is 2.15. The number of hydrogen-bond acceptors (Lipinski definition) is 4. The summed E-state index contributed by atoms with van der Waals surface area (Å²) in [5.41, 5.74) is 1.20. The fourth-order valence-electron chi connectivity index (χ4n) is 2.74. The van der Waals surface area contributed by atoms with Crippen molar-refractivity contribution in [3.05, 3.63) is 64.4 Å². The van der Waals surface area contributed by atoms with Gasteiger partial charge in [-0.15, -0.1) is 0 Å². The molecule has 3 N–H and O–H groups in total. The molecule has 0 aromatic heterocycles. The highest BCUT2D eigenvalue weighted by molar-refractivity contribution is 7.90. The van der Waals surface area contributed by atoms with E-state index in [1.54, 1.807) is 18.2 Å². The van der Waals surface area contributed by atoms with Crippen molar-refractivity contribution in [2.45, 2.75) is 17.7 Å². The third kappa shape index (κ3) is 7.30. The standard InChI is InChI=1S/C20H24ClFN2O4S/c1-29(27,28)16-7-5-14(6-8-16)9-10-23-20(26)24-12-15(13-25)11-17-18(21)3-2-4-19(17)22/h2-8,15,25H,9-13H2,1H3,(H2,23,24,26). The summed E-state index contributed by atoms with van der Waals surface area (Å²) in [7, 11) is -3.23. The Labute approximate surface area is 175 Å². The zero-order chi connectivity index (χ0) is 21.4. The molecule has 0 saturated heterocycles. The predicted octanol–water partition coefficient (Wildman–Crippen LogP) is 2.58. The molecule has 0 heterocycles. The number of aliphatic hydroxyl groups excluding tert-OH is 1. The van der Waals surface area contributed by atoms with Crippen molar-refractivity contribution in [2.75, 3.05) is 26.0 Å². The molecule has 0 aliphatic rings. The Morgan fingerprint density at radius 2 is 1.86 bits per heavy atom. The zero-order valence-corrected chi connectivity index (χ0v) is 17.6. The Kier molecular flexibility index (Phi) is 8.43. The first-order chi connectivity index (χ1) is 13.7. The van der Waals surface area contributed by atoms with Crippen LogP contribution in [-0.4, -0.2) is 45.5 Å². The van der Waals surface area contributed by atoms with Crippen LogP contribution in [0.15, 0.2) is 47.4 Å². The Bertz CT molecular complexity index is 916. The van der Waals surface area contributed by atoms with E-state index in [0.717, 1.165) is 11.8 Å². The molecule has 2 aromatic rings. The van der Waals surface area contributed by atoms with E-state index < -0.39 is 21.7 Å². The monoisotopic (exact) mass is 442 g/mol. The van der Waals surface area contributed by atoms with Crippen LogP contribution < -0.4 is 10.6 Å². The van der Waals surface area contributed by atoms with Gasteiger partial charge in [0.25, 0.3) is 0 Å². The molecule has 2 amide bonds. The first-order valence-corrected chi connectivity index (χ1v) is 11.3. The highest BCUT2D eigenvalue weighted by atomic mass is 35.5. The second kappa shape index (κ2) is 10.6. The minimum Gasteiger partial charge on any atom is -0.396 e. The van der Waals surface area contributed by atoms with E-state index >= 15 is 0 Å². The predicted molar refractivity (Wildman–Crippen MR) is 110 cm³/mol. The van der Waals surface area contributed by atoms with Crippen LogP contribution in [0.1, 0.15) is 11.1 Å². The normalized spacial score (nSPS) is 12.4. The molecule has 29 heavy (non-hydrogen) atoms. The van der Waals surface area contributed by atoms with Crippen LogP contribution in [0.3, 0.4) is 0 Å². The molecule has 158 valence electrons. The van der Waals surface area contributed by atoms with Crippen molar-refractivity contribution < 1.29 is 22.7 Å². The van der Waals surface area contributed by atoms with E-state index in [1.807, 2.05) is 0 Å². The summed E-state index contributed by atoms with van der Waals surface area (Å²) in [6, 6.07) is 10.5. The third-order valence-electron chi connectivity index (χ3n) is 4.41. The van der Waals surface area contributed by atoms with E-state index in [-0.39, 0.29) is 35.4 Å². The number of sulfone groups is 1. The number of benzene rings is 2. The second-order valence-electron chi connectivity index (χ2n) is 6.76. The van der Waals surface area contributed by atoms with Gasteiger partial charge < -0.3 is 15.7 Å². The lowest BCUT2D eigenvalue weighted by Crippen LogP contribution is -2.40. The molecule has 0 spiro atoms. The van der Waals surface area contributed by atoms with Crippen LogP contribution in [0.4, 0.5) is 9.18 Å². The van der Waals surface area contributed by atoms with E-state index in [0.29, 0.717) is 18.5 Å². The molecule has 0 bridgehead atoms. The fraction of sp³-hybridized carbons (Fsp3) is 0.350. The summed E-state index contributed by atoms with van der Waals surface area (Å²) in [4.78, 5) is 12.2. The number of amides is 2. The maximum Gasteiger partial charge on any atom is 0.314 e. The number of carbonyl (C=O) groups excluding carboxylic acids is 1. The van der Waals surface area contributed by atoms with Gasteiger partial charge in [-0.2, -0.15) is 0 Å². The maximum absolute atomic E-state index is 13.9. The molecule has 2 rings (SSSR count). The average molecular weight is 443 g/mol. The summed E-state index contributed by atoms with van der Waals surface area (Å²) >= 11 is 6.00. The van der Waals surface area contributed by atoms with Gasteiger partial charge in [0.15, 0.2) is 9.84 Å². The Morgan fingerprint density at radius 3 is 2.45 bits per heavy atom. The number of urea groups is 1. The zero-order valence-electron chi connectivity index (χ0n) is 16.0. The van der Waals surface area contributed by atoms with Gasteiger partial charge in [0.05, 0.1) is 4.90 Å². The lowest BCUT2D eigenvalue weighted by molar-refractivity contribution is 0.213. The highest BCUT2D eigenvalue weighted by Crippen LogP contribution is 2.22. The van der Waals surface area contributed by atoms with E-state index in [4.69, 9.17) is 11.6 Å². The van der Waals surface area contributed by atoms with Gasteiger partial charge in [-0.1, -0.05) is 29.8 Å². The number of carbonyl (C=O) groups is 1. The number of hydrogen-bond donors (Lipinski definition) is 3. The minimum absolute atomic E-state index is 0.163. The van der Waals surface area contributed by atoms with Crippen LogP contribution in [0.25, 0.3) is 0 Å². The average Bonchev–Trinajstić information content (AvgIpc) is 2.67. The molecule has 0 radical (unpaired) electrons. The van der Waals surface area contributed by atoms with Crippen molar-refractivity contribution in [2.24, 2.45) is 5.92 Å². The summed E-state index contributed by atoms with van der Waals surface area (Å²) in [5, 5.41) is 15.1. The number of nitrogens with one attached hydrogen (secondary N) is 2. The van der Waals surface area contributed by atoms with Crippen LogP contribution >= 0.6 is 11.6 Å². The molecule has 0 saturated carbocycles. The molecule has 1 atom stereocenters. The van der Waals surface area contributed by atoms with Gasteiger partial charge in [-0.05, 0) is 42.7 Å². The summed E-state index contributed by atoms with van der Waals surface area (Å²) in [6.45, 7) is 0.292. The van der Waals surface area contributed by atoms with Crippen molar-refractivity contribution in [1.29, 1.82) is 0 Å². The quantitative estimate of drug-likeness (QED) is 0.556. The van der Waals surface area contributed by atoms with Crippen molar-refractivity contribution >= 4 is 27.5 Å². The molecule has 6 nitrogen and oxygen atoms in total. The molecule has 0 fully saturated rings. The van der Waals surface area contributed by atoms with Crippen LogP contribution in [0.5, 0.6) is 0 Å². The topological polar surface area (TPSA) is 95.5 Å². The van der Waals surface area contributed by atoms with Gasteiger partial charge >= 0.3 is 6.03 Å². The Morgan fingerprint density at radius 1 is 1.17 bits per heavy atom. The molecule has 1 unspecified atom stereocenters. The number of rotatable bonds is 9. The van der Waals surface area contributed by atoms with Gasteiger partial charge in [0.1, 0.15) is 5.82 Å². The van der Waals surface area contributed by atoms with Crippen molar-refractivity contribution in [3.8, 4) is 0 Å². The first-order valence-electron chi connectivity index (χ1n) is 9.05. The summed E-state index contributed by atoms with van der Waals surface area (Å²) < 4.78 is 36.7. The third-order valence-corrected chi connectivity index (χ3v) is 5.90. The van der Waals surface area contributed by atoms with E-state index in [2.05, 4.69) is 10.6 Å². The number of aliphatic hydroxyl groups is 1. The van der Waals surface area contributed by atoms with E-state index in [1.165, 1.54) is 24.3 Å². The fourth-order valence-corrected chi connectivity index (χ4v) is 3.61. The van der Waals surface area contributed by atoms with Crippen LogP contribution in [0.2, 0.25) is 5.02 Å². The molecular formula is C20H24ClFN2O4S. The summed E-state index contributed by atoms with van der Waals surface area (Å²) in [5.74, 6) is -0.819. The molecule has 0 aliphatic carbocycles. The molecule has 2 aromatic carbocycles. The van der Waals surface area contributed by atoms with Crippen molar-refractivity contribution in [3.63, 3.8) is 0 Å². The van der Waals surface area contributed by atoms with Crippen LogP contribution in [0, 0.1) is 11.7 Å². The van der Waals surface area contributed by atoms with Crippen LogP contribution in [-0.2, 0) is 22.7 Å². The number of halogens is 2. The van der Waals surface area contributed by atoms with Crippen molar-refractivity contribution in [1.82, 2.24) is 10.6 Å². The van der Waals surface area contributed by atoms with Gasteiger partial charge in [0, 0.05) is 42.5 Å². The first kappa shape index (κ1) is 23.1. The smallest absolute Gasteiger partial charge is 0.314 e. The maximum atomic E-state index is 13.9. The Hall–Kier alpha value is -2.16. The van der Waals surface area contributed by atoms with Gasteiger partial charge in [-0.3, -0.25) is 0 Å². The van der Waals surface area contributed by atoms with Gasteiger partial charge in [-0.25, -0.2) is 17.6 Å². The van der Waals surface area contributed by atoms with E-state index in [9.17, 15) is 22.7 Å².